The largest absolute Gasteiger partial charge is 0.207 e. The van der Waals surface area contributed by atoms with E-state index in [1.807, 2.05) is 25.1 Å². The lowest BCUT2D eigenvalue weighted by Crippen LogP contribution is -2.05. The molecule has 1 aliphatic carbocycles. The molecule has 1 aromatic carbocycles. The van der Waals surface area contributed by atoms with Crippen LogP contribution in [0.3, 0.4) is 0 Å². The summed E-state index contributed by atoms with van der Waals surface area (Å²) in [4.78, 5) is 0. The van der Waals surface area contributed by atoms with Gasteiger partial charge in [-0.2, -0.15) is 0 Å². The van der Waals surface area contributed by atoms with Crippen LogP contribution in [0.25, 0.3) is 0 Å². The molecule has 1 unspecified atom stereocenters. The molecule has 98 valence electrons. The summed E-state index contributed by atoms with van der Waals surface area (Å²) in [5, 5.41) is 0. The van der Waals surface area contributed by atoms with Gasteiger partial charge in [-0.15, -0.1) is 5.73 Å². The van der Waals surface area contributed by atoms with E-state index in [1.54, 1.807) is 0 Å². The normalized spacial score (nSPS) is 16.9. The average Bonchev–Trinajstić information content (AvgIpc) is 2.37. The van der Waals surface area contributed by atoms with Crippen LogP contribution in [-0.4, -0.2) is 0 Å². The molecule has 2 rings (SSSR count). The fraction of sp³-hybridized carbons (Fsp3) is 0.278. The molecular weight excluding hydrogens is 235 g/mol. The van der Waals surface area contributed by atoms with Gasteiger partial charge in [0.15, 0.2) is 0 Å². The molecule has 1 aliphatic rings. The first kappa shape index (κ1) is 13.6. The molecular formula is C18H19F. The summed E-state index contributed by atoms with van der Waals surface area (Å²) in [5.41, 5.74) is 8.35. The lowest BCUT2D eigenvalue weighted by Gasteiger charge is -2.22. The van der Waals surface area contributed by atoms with Gasteiger partial charge >= 0.3 is 0 Å². The van der Waals surface area contributed by atoms with Crippen molar-refractivity contribution >= 4 is 0 Å². The predicted molar refractivity (Wildman–Crippen MR) is 78.5 cm³/mol. The van der Waals surface area contributed by atoms with E-state index in [9.17, 15) is 4.39 Å². The number of halogens is 1. The minimum Gasteiger partial charge on any atom is -0.207 e. The number of allylic oxidation sites excluding steroid dienone is 5. The van der Waals surface area contributed by atoms with Crippen molar-refractivity contribution in [2.24, 2.45) is 0 Å². The minimum atomic E-state index is -0.187. The average molecular weight is 254 g/mol. The summed E-state index contributed by atoms with van der Waals surface area (Å²) in [7, 11) is 0. The quantitative estimate of drug-likeness (QED) is 0.504. The smallest absolute Gasteiger partial charge is 0.123 e. The third-order valence-corrected chi connectivity index (χ3v) is 3.46. The fourth-order valence-electron chi connectivity index (χ4n) is 2.32. The Bertz CT molecular complexity index is 579. The number of hydrogen-bond donors (Lipinski definition) is 0. The first-order chi connectivity index (χ1) is 9.11. The molecule has 0 saturated carbocycles. The first-order valence-corrected chi connectivity index (χ1v) is 6.65. The summed E-state index contributed by atoms with van der Waals surface area (Å²) in [6, 6.07) is 6.77. The Labute approximate surface area is 114 Å². The van der Waals surface area contributed by atoms with E-state index in [-0.39, 0.29) is 11.7 Å². The lowest BCUT2D eigenvalue weighted by atomic mass is 9.82. The SMILES string of the molecule is C/C=C\C=C(\C1=C=C(C)C1)C(C)c1ccc(F)cc1. The van der Waals surface area contributed by atoms with E-state index in [0.29, 0.717) is 0 Å². The van der Waals surface area contributed by atoms with Crippen LogP contribution in [0.5, 0.6) is 0 Å². The molecule has 0 amide bonds. The van der Waals surface area contributed by atoms with Crippen LogP contribution in [0.1, 0.15) is 38.7 Å². The second kappa shape index (κ2) is 5.86. The van der Waals surface area contributed by atoms with Crippen molar-refractivity contribution in [3.63, 3.8) is 0 Å². The van der Waals surface area contributed by atoms with E-state index in [2.05, 4.69) is 31.7 Å². The van der Waals surface area contributed by atoms with Gasteiger partial charge in [0, 0.05) is 17.9 Å². The van der Waals surface area contributed by atoms with Crippen LogP contribution in [0.2, 0.25) is 0 Å². The molecule has 1 heteroatoms. The van der Waals surface area contributed by atoms with Gasteiger partial charge in [-0.3, -0.25) is 0 Å². The Morgan fingerprint density at radius 1 is 1.32 bits per heavy atom. The van der Waals surface area contributed by atoms with E-state index < -0.39 is 0 Å². The van der Waals surface area contributed by atoms with Crippen molar-refractivity contribution < 1.29 is 4.39 Å². The zero-order chi connectivity index (χ0) is 13.8. The molecule has 0 aliphatic heterocycles. The van der Waals surface area contributed by atoms with Crippen molar-refractivity contribution in [3.05, 3.63) is 76.3 Å². The van der Waals surface area contributed by atoms with Crippen LogP contribution in [0.4, 0.5) is 4.39 Å². The van der Waals surface area contributed by atoms with Crippen molar-refractivity contribution in [1.82, 2.24) is 0 Å². The molecule has 0 N–H and O–H groups in total. The summed E-state index contributed by atoms with van der Waals surface area (Å²) < 4.78 is 13.0. The van der Waals surface area contributed by atoms with Gasteiger partial charge in [0.05, 0.1) is 0 Å². The fourth-order valence-corrected chi connectivity index (χ4v) is 2.32. The van der Waals surface area contributed by atoms with Gasteiger partial charge in [0.25, 0.3) is 0 Å². The van der Waals surface area contributed by atoms with Crippen molar-refractivity contribution in [1.29, 1.82) is 0 Å². The Kier molecular flexibility index (Phi) is 4.19. The minimum absolute atomic E-state index is 0.187. The Morgan fingerprint density at radius 2 is 1.95 bits per heavy atom. The van der Waals surface area contributed by atoms with Gasteiger partial charge < -0.3 is 0 Å². The number of rotatable bonds is 4. The maximum absolute atomic E-state index is 13.0. The van der Waals surface area contributed by atoms with Crippen LogP contribution in [-0.2, 0) is 0 Å². The summed E-state index contributed by atoms with van der Waals surface area (Å²) in [5.74, 6) is 0.0703. The summed E-state index contributed by atoms with van der Waals surface area (Å²) >= 11 is 0. The van der Waals surface area contributed by atoms with Crippen LogP contribution in [0.15, 0.2) is 64.9 Å². The van der Waals surface area contributed by atoms with E-state index in [0.717, 1.165) is 12.0 Å². The number of hydrogen-bond acceptors (Lipinski definition) is 0. The van der Waals surface area contributed by atoms with Gasteiger partial charge in [-0.25, -0.2) is 4.39 Å². The molecule has 0 radical (unpaired) electrons. The highest BCUT2D eigenvalue weighted by molar-refractivity contribution is 5.48. The monoisotopic (exact) mass is 254 g/mol. The van der Waals surface area contributed by atoms with Crippen LogP contribution >= 0.6 is 0 Å². The Balaban J connectivity index is 2.34. The van der Waals surface area contributed by atoms with Crippen molar-refractivity contribution in [2.45, 2.75) is 33.1 Å². The third-order valence-electron chi connectivity index (χ3n) is 3.46. The summed E-state index contributed by atoms with van der Waals surface area (Å²) in [6.45, 7) is 6.26. The summed E-state index contributed by atoms with van der Waals surface area (Å²) in [6.07, 6.45) is 7.22. The maximum Gasteiger partial charge on any atom is 0.123 e. The van der Waals surface area contributed by atoms with Crippen molar-refractivity contribution in [3.8, 4) is 0 Å². The van der Waals surface area contributed by atoms with Crippen molar-refractivity contribution in [2.75, 3.05) is 0 Å². The molecule has 19 heavy (non-hydrogen) atoms. The highest BCUT2D eigenvalue weighted by atomic mass is 19.1. The zero-order valence-corrected chi connectivity index (χ0v) is 11.7. The second-order valence-corrected chi connectivity index (χ2v) is 4.98. The molecule has 1 aromatic rings. The first-order valence-electron chi connectivity index (χ1n) is 6.65. The number of benzene rings is 1. The lowest BCUT2D eigenvalue weighted by molar-refractivity contribution is 0.626. The molecule has 0 heterocycles. The molecule has 0 spiro atoms. The third kappa shape index (κ3) is 3.13. The maximum atomic E-state index is 13.0. The standard InChI is InChI=1S/C18H19F/c1-4-5-6-18(16-11-13(2)12-16)14(3)15-7-9-17(19)10-8-15/h4-10,14H,11H2,1-3H3/b5-4-,18-6+. The van der Waals surface area contributed by atoms with E-state index >= 15 is 0 Å². The molecule has 0 fully saturated rings. The molecule has 0 bridgehead atoms. The molecule has 0 nitrogen and oxygen atoms in total. The van der Waals surface area contributed by atoms with E-state index in [4.69, 9.17) is 0 Å². The van der Waals surface area contributed by atoms with Gasteiger partial charge in [0.2, 0.25) is 0 Å². The molecule has 1 atom stereocenters. The Morgan fingerprint density at radius 3 is 2.47 bits per heavy atom. The highest BCUT2D eigenvalue weighted by Gasteiger charge is 2.18. The van der Waals surface area contributed by atoms with Crippen LogP contribution < -0.4 is 0 Å². The predicted octanol–water partition coefficient (Wildman–Crippen LogP) is 5.31. The Hall–Kier alpha value is -1.85. The van der Waals surface area contributed by atoms with Gasteiger partial charge in [-0.05, 0) is 42.7 Å². The second-order valence-electron chi connectivity index (χ2n) is 4.98. The van der Waals surface area contributed by atoms with Gasteiger partial charge in [-0.1, -0.05) is 37.3 Å². The topological polar surface area (TPSA) is 0 Å². The zero-order valence-electron chi connectivity index (χ0n) is 11.7. The van der Waals surface area contributed by atoms with Gasteiger partial charge in [0.1, 0.15) is 5.82 Å². The van der Waals surface area contributed by atoms with Crippen LogP contribution in [0, 0.1) is 5.82 Å². The highest BCUT2D eigenvalue weighted by Crippen LogP contribution is 2.35. The molecule has 0 saturated heterocycles. The molecule has 0 aromatic heterocycles. The van der Waals surface area contributed by atoms with E-state index in [1.165, 1.54) is 28.9 Å².